The first-order valence-electron chi connectivity index (χ1n) is 5.87. The summed E-state index contributed by atoms with van der Waals surface area (Å²) in [7, 11) is 1.66. The lowest BCUT2D eigenvalue weighted by Crippen LogP contribution is -2.32. The van der Waals surface area contributed by atoms with Crippen LogP contribution in [0.3, 0.4) is 0 Å². The van der Waals surface area contributed by atoms with E-state index in [-0.39, 0.29) is 5.91 Å². The third-order valence-corrected chi connectivity index (χ3v) is 2.16. The Bertz CT molecular complexity index is 407. The zero-order chi connectivity index (χ0) is 13.1. The Labute approximate surface area is 108 Å². The molecule has 0 aromatic heterocycles. The number of hydrogen-bond donors (Lipinski definition) is 2. The van der Waals surface area contributed by atoms with Crippen molar-refractivity contribution in [2.75, 3.05) is 33.4 Å². The maximum atomic E-state index is 11.4. The van der Waals surface area contributed by atoms with Crippen molar-refractivity contribution in [3.8, 4) is 11.8 Å². The Hall–Kier alpha value is -1.83. The van der Waals surface area contributed by atoms with Gasteiger partial charge in [-0.25, -0.2) is 0 Å². The quantitative estimate of drug-likeness (QED) is 0.564. The van der Waals surface area contributed by atoms with Gasteiger partial charge in [0.15, 0.2) is 0 Å². The molecule has 2 N–H and O–H groups in total. The van der Waals surface area contributed by atoms with E-state index in [1.54, 1.807) is 7.11 Å². The zero-order valence-electron chi connectivity index (χ0n) is 10.5. The fourth-order valence-corrected chi connectivity index (χ4v) is 1.26. The van der Waals surface area contributed by atoms with Crippen LogP contribution in [0.15, 0.2) is 30.3 Å². The number of ether oxygens (including phenoxy) is 1. The molecule has 1 amide bonds. The molecule has 0 saturated heterocycles. The normalized spacial score (nSPS) is 9.39. The number of hydrogen-bond acceptors (Lipinski definition) is 3. The van der Waals surface area contributed by atoms with Crippen molar-refractivity contribution < 1.29 is 9.53 Å². The molecule has 1 aromatic carbocycles. The third-order valence-electron chi connectivity index (χ3n) is 2.16. The number of nitrogens with one attached hydrogen (secondary N) is 2. The molecule has 0 spiro atoms. The van der Waals surface area contributed by atoms with E-state index < -0.39 is 0 Å². The summed E-state index contributed by atoms with van der Waals surface area (Å²) in [5, 5.41) is 5.84. The van der Waals surface area contributed by atoms with Gasteiger partial charge in [-0.15, -0.1) is 0 Å². The minimum atomic E-state index is -0.257. The second kappa shape index (κ2) is 9.23. The van der Waals surface area contributed by atoms with Crippen LogP contribution in [-0.4, -0.2) is 39.3 Å². The fraction of sp³-hybridized carbons (Fsp3) is 0.357. The van der Waals surface area contributed by atoms with Crippen LogP contribution in [0.5, 0.6) is 0 Å². The topological polar surface area (TPSA) is 50.4 Å². The van der Waals surface area contributed by atoms with E-state index >= 15 is 0 Å². The molecule has 0 radical (unpaired) electrons. The first kappa shape index (κ1) is 14.2. The van der Waals surface area contributed by atoms with Crippen LogP contribution < -0.4 is 10.6 Å². The summed E-state index contributed by atoms with van der Waals surface area (Å²) in [6.07, 6.45) is 0. The van der Waals surface area contributed by atoms with Gasteiger partial charge in [0.05, 0.1) is 6.61 Å². The Balaban J connectivity index is 2.16. The lowest BCUT2D eigenvalue weighted by molar-refractivity contribution is -0.115. The average Bonchev–Trinajstić information content (AvgIpc) is 2.41. The minimum absolute atomic E-state index is 0.257. The summed E-state index contributed by atoms with van der Waals surface area (Å²) in [6.45, 7) is 2.72. The highest BCUT2D eigenvalue weighted by Gasteiger charge is 1.93. The van der Waals surface area contributed by atoms with E-state index in [1.165, 1.54) is 0 Å². The molecule has 0 fully saturated rings. The molecule has 0 heterocycles. The number of methoxy groups -OCH3 is 1. The first-order valence-corrected chi connectivity index (χ1v) is 5.87. The van der Waals surface area contributed by atoms with E-state index in [0.29, 0.717) is 19.7 Å². The number of carbonyl (C=O) groups is 1. The minimum Gasteiger partial charge on any atom is -0.383 e. The molecule has 18 heavy (non-hydrogen) atoms. The van der Waals surface area contributed by atoms with Crippen molar-refractivity contribution >= 4 is 5.91 Å². The molecule has 0 aliphatic carbocycles. The monoisotopic (exact) mass is 246 g/mol. The summed E-state index contributed by atoms with van der Waals surface area (Å²) >= 11 is 0. The Morgan fingerprint density at radius 1 is 1.22 bits per heavy atom. The summed E-state index contributed by atoms with van der Waals surface area (Å²) in [4.78, 5) is 11.4. The van der Waals surface area contributed by atoms with Gasteiger partial charge in [-0.3, -0.25) is 4.79 Å². The molecule has 0 unspecified atom stereocenters. The maximum absolute atomic E-state index is 11.4. The molecule has 4 heteroatoms. The fourth-order valence-electron chi connectivity index (χ4n) is 1.26. The predicted molar refractivity (Wildman–Crippen MR) is 71.1 cm³/mol. The van der Waals surface area contributed by atoms with Crippen LogP contribution in [0.25, 0.3) is 0 Å². The standard InChI is InChI=1S/C14H18N2O2/c1-18-12-11-15-9-10-16-14(17)8-7-13-5-3-2-4-6-13/h2-6,15H,9-12H2,1H3,(H,16,17). The summed E-state index contributed by atoms with van der Waals surface area (Å²) in [5.74, 6) is 5.09. The summed E-state index contributed by atoms with van der Waals surface area (Å²) in [6, 6.07) is 9.43. The molecule has 1 aromatic rings. The molecule has 1 rings (SSSR count). The molecule has 4 nitrogen and oxygen atoms in total. The van der Waals surface area contributed by atoms with Gasteiger partial charge in [0.25, 0.3) is 5.91 Å². The van der Waals surface area contributed by atoms with Crippen molar-refractivity contribution in [1.29, 1.82) is 0 Å². The van der Waals surface area contributed by atoms with Crippen LogP contribution in [0.2, 0.25) is 0 Å². The SMILES string of the molecule is COCCNCCNC(=O)C#Cc1ccccc1. The molecule has 0 bridgehead atoms. The van der Waals surface area contributed by atoms with Crippen LogP contribution in [-0.2, 0) is 9.53 Å². The van der Waals surface area contributed by atoms with Crippen LogP contribution in [0.4, 0.5) is 0 Å². The van der Waals surface area contributed by atoms with Gasteiger partial charge in [0.1, 0.15) is 0 Å². The highest BCUT2D eigenvalue weighted by atomic mass is 16.5. The highest BCUT2D eigenvalue weighted by Crippen LogP contribution is 1.94. The van der Waals surface area contributed by atoms with Crippen LogP contribution in [0, 0.1) is 11.8 Å². The molecule has 0 saturated carbocycles. The molecular formula is C14H18N2O2. The predicted octanol–water partition coefficient (Wildman–Crippen LogP) is 0.390. The molecule has 0 aliphatic heterocycles. The van der Waals surface area contributed by atoms with Gasteiger partial charge in [-0.1, -0.05) is 24.1 Å². The zero-order valence-corrected chi connectivity index (χ0v) is 10.5. The van der Waals surface area contributed by atoms with Gasteiger partial charge in [0, 0.05) is 38.2 Å². The second-order valence-electron chi connectivity index (χ2n) is 3.61. The third kappa shape index (κ3) is 6.69. The Kier molecular flexibility index (Phi) is 7.29. The lowest BCUT2D eigenvalue weighted by Gasteiger charge is -2.03. The lowest BCUT2D eigenvalue weighted by atomic mass is 10.2. The van der Waals surface area contributed by atoms with Crippen molar-refractivity contribution in [2.45, 2.75) is 0 Å². The van der Waals surface area contributed by atoms with E-state index in [9.17, 15) is 4.79 Å². The largest absolute Gasteiger partial charge is 0.383 e. The van der Waals surface area contributed by atoms with Gasteiger partial charge in [-0.2, -0.15) is 0 Å². The van der Waals surface area contributed by atoms with Crippen molar-refractivity contribution in [3.05, 3.63) is 35.9 Å². The van der Waals surface area contributed by atoms with Crippen molar-refractivity contribution in [3.63, 3.8) is 0 Å². The number of rotatable bonds is 6. The maximum Gasteiger partial charge on any atom is 0.296 e. The molecule has 0 aliphatic rings. The van der Waals surface area contributed by atoms with Crippen molar-refractivity contribution in [2.24, 2.45) is 0 Å². The van der Waals surface area contributed by atoms with E-state index in [1.807, 2.05) is 30.3 Å². The van der Waals surface area contributed by atoms with E-state index in [2.05, 4.69) is 22.5 Å². The van der Waals surface area contributed by atoms with Crippen LogP contribution in [0.1, 0.15) is 5.56 Å². The van der Waals surface area contributed by atoms with E-state index in [4.69, 9.17) is 4.74 Å². The number of benzene rings is 1. The van der Waals surface area contributed by atoms with E-state index in [0.717, 1.165) is 12.1 Å². The van der Waals surface area contributed by atoms with Gasteiger partial charge in [-0.05, 0) is 12.1 Å². The molecule has 96 valence electrons. The van der Waals surface area contributed by atoms with Gasteiger partial charge < -0.3 is 15.4 Å². The summed E-state index contributed by atoms with van der Waals surface area (Å²) in [5.41, 5.74) is 0.839. The van der Waals surface area contributed by atoms with Gasteiger partial charge in [0.2, 0.25) is 0 Å². The Morgan fingerprint density at radius 3 is 2.72 bits per heavy atom. The molecule has 0 atom stereocenters. The smallest absolute Gasteiger partial charge is 0.296 e. The Morgan fingerprint density at radius 2 is 2.00 bits per heavy atom. The first-order chi connectivity index (χ1) is 8.83. The van der Waals surface area contributed by atoms with Crippen molar-refractivity contribution in [1.82, 2.24) is 10.6 Å². The highest BCUT2D eigenvalue weighted by molar-refractivity contribution is 5.94. The summed E-state index contributed by atoms with van der Waals surface area (Å²) < 4.78 is 4.88. The molecular weight excluding hydrogens is 228 g/mol. The average molecular weight is 246 g/mol. The number of amides is 1. The number of carbonyl (C=O) groups excluding carboxylic acids is 1. The van der Waals surface area contributed by atoms with Gasteiger partial charge >= 0.3 is 0 Å². The van der Waals surface area contributed by atoms with Crippen LogP contribution >= 0.6 is 0 Å². The second-order valence-corrected chi connectivity index (χ2v) is 3.61.